The van der Waals surface area contributed by atoms with E-state index in [0.717, 1.165) is 0 Å². The summed E-state index contributed by atoms with van der Waals surface area (Å²) < 4.78 is 10.9. The summed E-state index contributed by atoms with van der Waals surface area (Å²) in [7, 11) is -4.29. The smallest absolute Gasteiger partial charge is 0.332 e. The quantitative estimate of drug-likeness (QED) is 0.715. The summed E-state index contributed by atoms with van der Waals surface area (Å²) in [5.41, 5.74) is 0.599. The summed E-state index contributed by atoms with van der Waals surface area (Å²) in [6.07, 6.45) is 1.72. The second-order valence-corrected chi connectivity index (χ2v) is 7.32. The Morgan fingerprint density at radius 3 is 2.23 bits per heavy atom. The number of hydrogen-bond acceptors (Lipinski definition) is 3. The summed E-state index contributed by atoms with van der Waals surface area (Å²) in [5.74, 6) is -0.815. The average Bonchev–Trinajstić information content (AvgIpc) is 2.47. The number of carbonyl (C=O) groups excluding carboxylic acids is 2. The minimum absolute atomic E-state index is 0.00631. The van der Waals surface area contributed by atoms with E-state index in [1.165, 1.54) is 0 Å². The predicted molar refractivity (Wildman–Crippen MR) is 81.6 cm³/mol. The van der Waals surface area contributed by atoms with Gasteiger partial charge < -0.3 is 15.1 Å². The molecule has 1 aliphatic rings. The SMILES string of the molecule is O=C(N[C@H]1CC[C@@H](C(=O)CP(=O)(O)O)CC1)c1ccccc1. The van der Waals surface area contributed by atoms with E-state index in [0.29, 0.717) is 31.2 Å². The summed E-state index contributed by atoms with van der Waals surface area (Å²) in [6, 6.07) is 8.93. The van der Waals surface area contributed by atoms with E-state index in [9.17, 15) is 14.2 Å². The van der Waals surface area contributed by atoms with Crippen molar-refractivity contribution in [1.29, 1.82) is 0 Å². The zero-order chi connectivity index (χ0) is 16.2. The molecule has 0 aliphatic heterocycles. The number of benzene rings is 1. The fraction of sp³-hybridized carbons (Fsp3) is 0.467. The molecule has 3 N–H and O–H groups in total. The van der Waals surface area contributed by atoms with Crippen molar-refractivity contribution in [3.8, 4) is 0 Å². The first-order valence-electron chi connectivity index (χ1n) is 7.28. The molecular weight excluding hydrogens is 305 g/mol. The van der Waals surface area contributed by atoms with Crippen molar-refractivity contribution in [3.05, 3.63) is 35.9 Å². The Balaban J connectivity index is 1.81. The van der Waals surface area contributed by atoms with Gasteiger partial charge in [0.2, 0.25) is 0 Å². The maximum atomic E-state index is 12.0. The lowest BCUT2D eigenvalue weighted by Crippen LogP contribution is -2.39. The molecule has 1 aromatic rings. The summed E-state index contributed by atoms with van der Waals surface area (Å²) in [4.78, 5) is 41.5. The molecule has 0 atom stereocenters. The lowest BCUT2D eigenvalue weighted by atomic mass is 9.84. The highest BCUT2D eigenvalue weighted by Crippen LogP contribution is 2.37. The molecule has 1 aromatic carbocycles. The number of rotatable bonds is 5. The number of Topliss-reactive ketones (excluding diaryl/α,β-unsaturated/α-hetero) is 1. The van der Waals surface area contributed by atoms with Gasteiger partial charge in [-0.25, -0.2) is 0 Å². The Kier molecular flexibility index (Phi) is 5.51. The van der Waals surface area contributed by atoms with Crippen molar-refractivity contribution in [2.24, 2.45) is 5.92 Å². The van der Waals surface area contributed by atoms with Gasteiger partial charge in [-0.1, -0.05) is 18.2 Å². The molecule has 0 radical (unpaired) electrons. The highest BCUT2D eigenvalue weighted by molar-refractivity contribution is 7.52. The summed E-state index contributed by atoms with van der Waals surface area (Å²) >= 11 is 0. The largest absolute Gasteiger partial charge is 0.349 e. The molecule has 1 fully saturated rings. The molecule has 0 heterocycles. The normalized spacial score (nSPS) is 22.1. The molecule has 7 heteroatoms. The molecule has 1 amide bonds. The van der Waals surface area contributed by atoms with Crippen molar-refractivity contribution < 1.29 is 23.9 Å². The first kappa shape index (κ1) is 16.9. The molecule has 0 spiro atoms. The van der Waals surface area contributed by atoms with Gasteiger partial charge in [-0.3, -0.25) is 14.2 Å². The molecule has 2 rings (SSSR count). The van der Waals surface area contributed by atoms with Gasteiger partial charge >= 0.3 is 7.60 Å². The molecule has 0 bridgehead atoms. The molecule has 6 nitrogen and oxygen atoms in total. The third-order valence-electron chi connectivity index (χ3n) is 3.92. The minimum Gasteiger partial charge on any atom is -0.349 e. The van der Waals surface area contributed by atoms with Crippen LogP contribution in [0.15, 0.2) is 30.3 Å². The van der Waals surface area contributed by atoms with Crippen molar-refractivity contribution in [2.75, 3.05) is 6.16 Å². The van der Waals surface area contributed by atoms with E-state index in [-0.39, 0.29) is 23.7 Å². The minimum atomic E-state index is -4.29. The van der Waals surface area contributed by atoms with Crippen LogP contribution < -0.4 is 5.32 Å². The van der Waals surface area contributed by atoms with Gasteiger partial charge in [0.05, 0.1) is 0 Å². The van der Waals surface area contributed by atoms with Gasteiger partial charge in [0.15, 0.2) is 0 Å². The number of nitrogens with one attached hydrogen (secondary N) is 1. The highest BCUT2D eigenvalue weighted by atomic mass is 31.2. The standard InChI is InChI=1S/C15H20NO5P/c17-14(10-22(19,20)21)11-6-8-13(9-7-11)16-15(18)12-4-2-1-3-5-12/h1-5,11,13H,6-10H2,(H,16,18)(H2,19,20,21)/t11-,13+. The molecule has 0 saturated heterocycles. The van der Waals surface area contributed by atoms with Crippen LogP contribution in [0.5, 0.6) is 0 Å². The Hall–Kier alpha value is -1.49. The van der Waals surface area contributed by atoms with Gasteiger partial charge in [-0.05, 0) is 37.8 Å². The Morgan fingerprint density at radius 1 is 1.09 bits per heavy atom. The van der Waals surface area contributed by atoms with Gasteiger partial charge in [0.25, 0.3) is 5.91 Å². The van der Waals surface area contributed by atoms with Crippen LogP contribution in [0.4, 0.5) is 0 Å². The number of amides is 1. The fourth-order valence-corrected chi connectivity index (χ4v) is 3.41. The Morgan fingerprint density at radius 2 is 1.68 bits per heavy atom. The highest BCUT2D eigenvalue weighted by Gasteiger charge is 2.30. The molecule has 1 saturated carbocycles. The van der Waals surface area contributed by atoms with E-state index < -0.39 is 13.8 Å². The van der Waals surface area contributed by atoms with E-state index in [2.05, 4.69) is 5.32 Å². The van der Waals surface area contributed by atoms with E-state index >= 15 is 0 Å². The maximum Gasteiger partial charge on any atom is 0.332 e. The molecular formula is C15H20NO5P. The first-order valence-corrected chi connectivity index (χ1v) is 9.08. The number of carbonyl (C=O) groups is 2. The van der Waals surface area contributed by atoms with E-state index in [1.54, 1.807) is 24.3 Å². The maximum absolute atomic E-state index is 12.0. The summed E-state index contributed by atoms with van der Waals surface area (Å²) in [6.45, 7) is 0. The third-order valence-corrected chi connectivity index (χ3v) is 4.64. The third kappa shape index (κ3) is 5.05. The zero-order valence-corrected chi connectivity index (χ0v) is 13.0. The van der Waals surface area contributed by atoms with Crippen molar-refractivity contribution in [2.45, 2.75) is 31.7 Å². The van der Waals surface area contributed by atoms with Crippen LogP contribution >= 0.6 is 7.60 Å². The van der Waals surface area contributed by atoms with Gasteiger partial charge in [-0.15, -0.1) is 0 Å². The molecule has 120 valence electrons. The van der Waals surface area contributed by atoms with Crippen molar-refractivity contribution in [3.63, 3.8) is 0 Å². The van der Waals surface area contributed by atoms with Crippen LogP contribution in [0, 0.1) is 5.92 Å². The van der Waals surface area contributed by atoms with Crippen LogP contribution in [0.3, 0.4) is 0 Å². The van der Waals surface area contributed by atoms with Gasteiger partial charge in [0.1, 0.15) is 11.9 Å². The molecule has 0 unspecified atom stereocenters. The molecule has 0 aromatic heterocycles. The van der Waals surface area contributed by atoms with Gasteiger partial charge in [0, 0.05) is 17.5 Å². The Labute approximate surface area is 129 Å². The molecule has 22 heavy (non-hydrogen) atoms. The van der Waals surface area contributed by atoms with Crippen LogP contribution in [-0.4, -0.2) is 33.7 Å². The second-order valence-electron chi connectivity index (χ2n) is 5.68. The van der Waals surface area contributed by atoms with Crippen LogP contribution in [-0.2, 0) is 9.36 Å². The van der Waals surface area contributed by atoms with Crippen molar-refractivity contribution >= 4 is 19.3 Å². The number of hydrogen-bond donors (Lipinski definition) is 3. The lowest BCUT2D eigenvalue weighted by Gasteiger charge is -2.28. The topological polar surface area (TPSA) is 104 Å². The van der Waals surface area contributed by atoms with Crippen LogP contribution in [0.25, 0.3) is 0 Å². The average molecular weight is 325 g/mol. The monoisotopic (exact) mass is 325 g/mol. The first-order chi connectivity index (χ1) is 10.3. The van der Waals surface area contributed by atoms with E-state index in [4.69, 9.17) is 9.79 Å². The second kappa shape index (κ2) is 7.18. The fourth-order valence-electron chi connectivity index (χ4n) is 2.75. The summed E-state index contributed by atoms with van der Waals surface area (Å²) in [5, 5.41) is 2.94. The van der Waals surface area contributed by atoms with Crippen LogP contribution in [0.1, 0.15) is 36.0 Å². The lowest BCUT2D eigenvalue weighted by molar-refractivity contribution is -0.121. The Bertz CT molecular complexity index is 575. The molecule has 1 aliphatic carbocycles. The van der Waals surface area contributed by atoms with Crippen molar-refractivity contribution in [1.82, 2.24) is 5.32 Å². The zero-order valence-electron chi connectivity index (χ0n) is 12.1. The van der Waals surface area contributed by atoms with Crippen LogP contribution in [0.2, 0.25) is 0 Å². The number of ketones is 1. The van der Waals surface area contributed by atoms with E-state index in [1.807, 2.05) is 6.07 Å². The van der Waals surface area contributed by atoms with Gasteiger partial charge in [-0.2, -0.15) is 0 Å². The predicted octanol–water partition coefficient (Wildman–Crippen LogP) is 1.72.